The number of primary amides is 1. The lowest BCUT2D eigenvalue weighted by Crippen LogP contribution is -2.56. The van der Waals surface area contributed by atoms with Crippen molar-refractivity contribution in [2.24, 2.45) is 17.4 Å². The van der Waals surface area contributed by atoms with Crippen molar-refractivity contribution >= 4 is 21.8 Å². The van der Waals surface area contributed by atoms with Crippen LogP contribution in [0.1, 0.15) is 41.1 Å². The normalized spacial score (nSPS) is 21.3. The number of benzene rings is 2. The van der Waals surface area contributed by atoms with E-state index in [4.69, 9.17) is 11.5 Å². The molecule has 1 aliphatic heterocycles. The van der Waals surface area contributed by atoms with Crippen LogP contribution in [0.2, 0.25) is 0 Å². The van der Waals surface area contributed by atoms with Gasteiger partial charge in [-0.2, -0.15) is 0 Å². The number of hydrogen-bond acceptors (Lipinski definition) is 5. The smallest absolute Gasteiger partial charge is 0.264 e. The van der Waals surface area contributed by atoms with E-state index in [1.54, 1.807) is 12.1 Å². The van der Waals surface area contributed by atoms with Crippen molar-refractivity contribution in [2.45, 2.75) is 49.6 Å². The summed E-state index contributed by atoms with van der Waals surface area (Å²) in [6.45, 7) is 1.85. The number of nitrogens with zero attached hydrogens (tertiary/aromatic N) is 1. The molecule has 1 aliphatic carbocycles. The summed E-state index contributed by atoms with van der Waals surface area (Å²) < 4.78 is 27.7. The number of carbonyl (C=O) groups excluding carboxylic acids is 2. The number of fused-ring (bicyclic) bond motifs is 1. The van der Waals surface area contributed by atoms with Gasteiger partial charge in [-0.25, -0.2) is 8.42 Å². The molecule has 0 spiro atoms. The topological polar surface area (TPSA) is 136 Å². The Labute approximate surface area is 193 Å². The third-order valence-electron chi connectivity index (χ3n) is 6.36. The number of aryl methyl sites for hydroxylation is 2. The average molecular weight is 469 g/mol. The Kier molecular flexibility index (Phi) is 6.27. The van der Waals surface area contributed by atoms with Crippen LogP contribution >= 0.6 is 0 Å². The first-order valence-electron chi connectivity index (χ1n) is 10.9. The molecule has 1 unspecified atom stereocenters. The number of nitrogens with one attached hydrogen (secondary N) is 1. The Balaban J connectivity index is 1.69. The zero-order valence-corrected chi connectivity index (χ0v) is 19.2. The molecular formula is C24H28N4O4S. The molecule has 33 heavy (non-hydrogen) atoms. The third kappa shape index (κ3) is 4.51. The highest BCUT2D eigenvalue weighted by atomic mass is 32.2. The predicted molar refractivity (Wildman–Crippen MR) is 124 cm³/mol. The Bertz CT molecular complexity index is 1210. The van der Waals surface area contributed by atoms with E-state index in [2.05, 4.69) is 5.32 Å². The van der Waals surface area contributed by atoms with E-state index in [-0.39, 0.29) is 17.4 Å². The van der Waals surface area contributed by atoms with E-state index in [9.17, 15) is 18.0 Å². The fraction of sp³-hybridized carbons (Fsp3) is 0.333. The zero-order chi connectivity index (χ0) is 23.8. The largest absolute Gasteiger partial charge is 0.369 e. The second-order valence-corrected chi connectivity index (χ2v) is 10.5. The maximum atomic E-state index is 13.4. The van der Waals surface area contributed by atoms with E-state index in [1.165, 1.54) is 24.5 Å². The van der Waals surface area contributed by atoms with E-state index >= 15 is 0 Å². The first-order valence-corrected chi connectivity index (χ1v) is 12.4. The molecule has 0 saturated carbocycles. The molecule has 0 fully saturated rings. The summed E-state index contributed by atoms with van der Waals surface area (Å²) in [6.07, 6.45) is 5.44. The molecule has 9 heteroatoms. The van der Waals surface area contributed by atoms with Crippen molar-refractivity contribution in [3.63, 3.8) is 0 Å². The van der Waals surface area contributed by atoms with E-state index < -0.39 is 33.8 Å². The Hall–Kier alpha value is -3.17. The molecule has 0 bridgehead atoms. The van der Waals surface area contributed by atoms with Gasteiger partial charge in [-0.3, -0.25) is 13.9 Å². The summed E-state index contributed by atoms with van der Waals surface area (Å²) in [5.74, 6) is -2.41. The van der Waals surface area contributed by atoms with Gasteiger partial charge >= 0.3 is 0 Å². The highest BCUT2D eigenvalue weighted by Gasteiger charge is 2.43. The molecule has 0 radical (unpaired) electrons. The maximum absolute atomic E-state index is 13.4. The van der Waals surface area contributed by atoms with Gasteiger partial charge in [-0.05, 0) is 61.4 Å². The monoisotopic (exact) mass is 468 g/mol. The van der Waals surface area contributed by atoms with Crippen molar-refractivity contribution < 1.29 is 18.0 Å². The van der Waals surface area contributed by atoms with Crippen molar-refractivity contribution in [3.8, 4) is 0 Å². The van der Waals surface area contributed by atoms with Crippen LogP contribution in [0.5, 0.6) is 0 Å². The Morgan fingerprint density at radius 3 is 2.64 bits per heavy atom. The molecule has 2 aromatic rings. The lowest BCUT2D eigenvalue weighted by Gasteiger charge is -2.35. The van der Waals surface area contributed by atoms with Gasteiger partial charge in [0.1, 0.15) is 6.04 Å². The van der Waals surface area contributed by atoms with E-state index in [0.29, 0.717) is 0 Å². The van der Waals surface area contributed by atoms with Gasteiger partial charge < -0.3 is 16.8 Å². The molecule has 2 aliphatic rings. The number of carbonyl (C=O) groups is 2. The van der Waals surface area contributed by atoms with Gasteiger partial charge in [0.2, 0.25) is 11.8 Å². The molecule has 2 aromatic carbocycles. The summed E-state index contributed by atoms with van der Waals surface area (Å²) in [5, 5.41) is 2.52. The SMILES string of the molecule is Cc1ccc(S(=O)(=O)N2C=CNC(=O)[C@H]2C(Cc2ccc3c(c2)CCC[C@H]3N)C(N)=O)cc1. The number of amides is 2. The number of nitrogens with two attached hydrogens (primary N) is 2. The highest BCUT2D eigenvalue weighted by Crippen LogP contribution is 2.31. The van der Waals surface area contributed by atoms with Crippen LogP contribution in [0.25, 0.3) is 0 Å². The first kappa shape index (κ1) is 23.0. The van der Waals surface area contributed by atoms with Crippen molar-refractivity contribution in [1.82, 2.24) is 9.62 Å². The lowest BCUT2D eigenvalue weighted by molar-refractivity contribution is -0.132. The minimum Gasteiger partial charge on any atom is -0.369 e. The average Bonchev–Trinajstić information content (AvgIpc) is 2.78. The molecule has 4 rings (SSSR count). The Morgan fingerprint density at radius 2 is 1.94 bits per heavy atom. The molecule has 3 atom stereocenters. The Morgan fingerprint density at radius 1 is 1.21 bits per heavy atom. The summed E-state index contributed by atoms with van der Waals surface area (Å²) in [6, 6.07) is 10.8. The zero-order valence-electron chi connectivity index (χ0n) is 18.4. The fourth-order valence-electron chi connectivity index (χ4n) is 4.56. The van der Waals surface area contributed by atoms with Gasteiger partial charge in [0, 0.05) is 18.4 Å². The fourth-order valence-corrected chi connectivity index (χ4v) is 6.05. The van der Waals surface area contributed by atoms with Crippen LogP contribution in [0.4, 0.5) is 0 Å². The van der Waals surface area contributed by atoms with Crippen LogP contribution in [0, 0.1) is 12.8 Å². The second kappa shape index (κ2) is 8.99. The standard InChI is InChI=1S/C24H28N4O4S/c1-15-5-8-18(9-6-15)33(31,32)28-12-11-27-24(30)22(28)20(23(26)29)14-16-7-10-19-17(13-16)3-2-4-21(19)25/h5-13,20-22H,2-4,14,25H2,1H3,(H2,26,29)(H,27,30)/t20?,21-,22-/m1/s1. The van der Waals surface area contributed by atoms with Crippen molar-refractivity contribution in [1.29, 1.82) is 0 Å². The molecule has 174 valence electrons. The molecule has 0 saturated heterocycles. The van der Waals surface area contributed by atoms with Crippen LogP contribution in [0.15, 0.2) is 59.8 Å². The summed E-state index contributed by atoms with van der Waals surface area (Å²) in [7, 11) is -4.09. The van der Waals surface area contributed by atoms with E-state index in [1.807, 2.05) is 25.1 Å². The van der Waals surface area contributed by atoms with Gasteiger partial charge in [-0.15, -0.1) is 0 Å². The van der Waals surface area contributed by atoms with Crippen molar-refractivity contribution in [2.75, 3.05) is 0 Å². The van der Waals surface area contributed by atoms with E-state index in [0.717, 1.165) is 45.8 Å². The summed E-state index contributed by atoms with van der Waals surface area (Å²) >= 11 is 0. The molecule has 8 nitrogen and oxygen atoms in total. The van der Waals surface area contributed by atoms with Crippen molar-refractivity contribution in [3.05, 3.63) is 77.1 Å². The summed E-state index contributed by atoms with van der Waals surface area (Å²) in [5.41, 5.74) is 15.8. The van der Waals surface area contributed by atoms with Crippen LogP contribution in [0.3, 0.4) is 0 Å². The highest BCUT2D eigenvalue weighted by molar-refractivity contribution is 7.89. The van der Waals surface area contributed by atoms with Crippen LogP contribution < -0.4 is 16.8 Å². The van der Waals surface area contributed by atoms with Gasteiger partial charge in [0.05, 0.1) is 10.8 Å². The molecule has 5 N–H and O–H groups in total. The maximum Gasteiger partial charge on any atom is 0.264 e. The minimum atomic E-state index is -4.09. The number of sulfonamides is 1. The third-order valence-corrected chi connectivity index (χ3v) is 8.13. The molecule has 2 amide bonds. The number of hydrogen-bond donors (Lipinski definition) is 3. The van der Waals surface area contributed by atoms with Crippen LogP contribution in [-0.4, -0.2) is 30.6 Å². The second-order valence-electron chi connectivity index (χ2n) is 8.66. The number of rotatable bonds is 6. The van der Waals surface area contributed by atoms with Gasteiger partial charge in [0.15, 0.2) is 0 Å². The molecule has 0 aromatic heterocycles. The van der Waals surface area contributed by atoms with Gasteiger partial charge in [-0.1, -0.05) is 35.9 Å². The molecular weight excluding hydrogens is 440 g/mol. The first-order chi connectivity index (χ1) is 15.7. The minimum absolute atomic E-state index is 0.0147. The summed E-state index contributed by atoms with van der Waals surface area (Å²) in [4.78, 5) is 25.4. The molecule has 1 heterocycles. The lowest BCUT2D eigenvalue weighted by atomic mass is 9.84. The quantitative estimate of drug-likeness (QED) is 0.592. The van der Waals surface area contributed by atoms with Crippen LogP contribution in [-0.2, 0) is 32.5 Å². The predicted octanol–water partition coefficient (Wildman–Crippen LogP) is 1.64. The van der Waals surface area contributed by atoms with Gasteiger partial charge in [0.25, 0.3) is 10.0 Å².